The topological polar surface area (TPSA) is 96.6 Å². The molecule has 0 fully saturated rings. The number of aliphatic imine (C=N–C) groups is 1. The SMILES string of the molecule is CC[C@H](C)c1ccccc1OCCOc1ccc(/C=C2/C(=N)N3N=C(CC(C)C)SC3=NC2=O)cc1OC. The molecular formula is C29H34N4O4S. The lowest BCUT2D eigenvalue weighted by atomic mass is 9.98. The average molecular weight is 535 g/mol. The van der Waals surface area contributed by atoms with Gasteiger partial charge in [0.1, 0.15) is 24.0 Å². The van der Waals surface area contributed by atoms with Crippen LogP contribution in [-0.2, 0) is 4.79 Å². The summed E-state index contributed by atoms with van der Waals surface area (Å²) in [6.07, 6.45) is 3.44. The molecule has 1 amide bonds. The van der Waals surface area contributed by atoms with E-state index < -0.39 is 5.91 Å². The van der Waals surface area contributed by atoms with E-state index in [0.717, 1.165) is 23.6 Å². The van der Waals surface area contributed by atoms with Gasteiger partial charge in [-0.1, -0.05) is 52.0 Å². The molecule has 1 N–H and O–H groups in total. The lowest BCUT2D eigenvalue weighted by Gasteiger charge is -2.20. The molecule has 0 aromatic heterocycles. The van der Waals surface area contributed by atoms with Crippen molar-refractivity contribution in [2.75, 3.05) is 20.3 Å². The van der Waals surface area contributed by atoms with E-state index in [2.05, 4.69) is 43.9 Å². The zero-order valence-electron chi connectivity index (χ0n) is 22.5. The minimum atomic E-state index is -0.455. The largest absolute Gasteiger partial charge is 0.493 e. The minimum Gasteiger partial charge on any atom is -0.493 e. The van der Waals surface area contributed by atoms with E-state index in [1.165, 1.54) is 22.3 Å². The number of carbonyl (C=O) groups excluding carboxylic acids is 1. The summed E-state index contributed by atoms with van der Waals surface area (Å²) in [5.74, 6) is 2.36. The fourth-order valence-electron chi connectivity index (χ4n) is 4.07. The molecule has 2 aliphatic heterocycles. The highest BCUT2D eigenvalue weighted by Gasteiger charge is 2.35. The summed E-state index contributed by atoms with van der Waals surface area (Å²) < 4.78 is 17.5. The summed E-state index contributed by atoms with van der Waals surface area (Å²) in [5.41, 5.74) is 2.06. The maximum atomic E-state index is 12.7. The molecule has 0 saturated carbocycles. The van der Waals surface area contributed by atoms with Crippen LogP contribution in [0.25, 0.3) is 6.08 Å². The van der Waals surface area contributed by atoms with Crippen molar-refractivity contribution >= 4 is 39.8 Å². The third kappa shape index (κ3) is 6.27. The summed E-state index contributed by atoms with van der Waals surface area (Å²) >= 11 is 1.35. The van der Waals surface area contributed by atoms with E-state index in [1.54, 1.807) is 25.3 Å². The number of ether oxygens (including phenoxy) is 3. The van der Waals surface area contributed by atoms with Crippen LogP contribution in [0.15, 0.2) is 58.1 Å². The number of amidine groups is 2. The number of para-hydroxylation sites is 1. The number of thioether (sulfide) groups is 1. The van der Waals surface area contributed by atoms with Crippen molar-refractivity contribution < 1.29 is 19.0 Å². The maximum Gasteiger partial charge on any atom is 0.283 e. The summed E-state index contributed by atoms with van der Waals surface area (Å²) in [6, 6.07) is 13.5. The van der Waals surface area contributed by atoms with Crippen molar-refractivity contribution in [2.45, 2.75) is 46.5 Å². The van der Waals surface area contributed by atoms with Gasteiger partial charge in [0.2, 0.25) is 5.17 Å². The second-order valence-electron chi connectivity index (χ2n) is 9.57. The van der Waals surface area contributed by atoms with Crippen LogP contribution in [0.5, 0.6) is 17.2 Å². The minimum absolute atomic E-state index is 0.0142. The Morgan fingerprint density at radius 1 is 1.05 bits per heavy atom. The molecule has 2 aliphatic rings. The van der Waals surface area contributed by atoms with Crippen molar-refractivity contribution in [3.05, 3.63) is 59.2 Å². The van der Waals surface area contributed by atoms with Crippen LogP contribution in [0.3, 0.4) is 0 Å². The maximum absolute atomic E-state index is 12.7. The Morgan fingerprint density at radius 3 is 2.50 bits per heavy atom. The van der Waals surface area contributed by atoms with E-state index in [0.29, 0.717) is 47.3 Å². The Labute approximate surface area is 228 Å². The molecule has 0 radical (unpaired) electrons. The zero-order valence-corrected chi connectivity index (χ0v) is 23.3. The van der Waals surface area contributed by atoms with Crippen LogP contribution < -0.4 is 14.2 Å². The van der Waals surface area contributed by atoms with E-state index in [-0.39, 0.29) is 11.4 Å². The number of hydrogen-bond acceptors (Lipinski definition) is 7. The smallest absolute Gasteiger partial charge is 0.283 e. The van der Waals surface area contributed by atoms with E-state index in [4.69, 9.17) is 19.6 Å². The van der Waals surface area contributed by atoms with E-state index >= 15 is 0 Å². The standard InChI is InChI=1S/C29H34N4O4S/c1-6-19(4)21-9-7-8-10-23(21)36-13-14-37-24-12-11-20(17-25(24)35-5)16-22-27(30)33-29(31-28(22)34)38-26(32-33)15-18(2)3/h7-12,16-19,30H,6,13-15H2,1-5H3/b22-16-,30-27?/t19-/m0/s1. The van der Waals surface area contributed by atoms with Crippen molar-refractivity contribution in [3.8, 4) is 17.2 Å². The normalized spacial score (nSPS) is 16.9. The van der Waals surface area contributed by atoms with Crippen LogP contribution in [0.4, 0.5) is 0 Å². The number of amides is 1. The molecule has 8 nitrogen and oxygen atoms in total. The molecule has 38 heavy (non-hydrogen) atoms. The number of nitrogens with zero attached hydrogens (tertiary/aromatic N) is 3. The van der Waals surface area contributed by atoms with Gasteiger partial charge in [-0.05, 0) is 65.4 Å². The van der Waals surface area contributed by atoms with Crippen molar-refractivity contribution in [1.82, 2.24) is 5.01 Å². The third-order valence-corrected chi connectivity index (χ3v) is 7.17. The first-order chi connectivity index (χ1) is 18.3. The second kappa shape index (κ2) is 12.3. The molecule has 0 spiro atoms. The van der Waals surface area contributed by atoms with E-state index in [9.17, 15) is 4.79 Å². The molecule has 2 aromatic carbocycles. The highest BCUT2D eigenvalue weighted by molar-refractivity contribution is 8.26. The van der Waals surface area contributed by atoms with Gasteiger partial charge in [-0.3, -0.25) is 10.2 Å². The number of methoxy groups -OCH3 is 1. The number of nitrogens with one attached hydrogen (secondary N) is 1. The predicted octanol–water partition coefficient (Wildman–Crippen LogP) is 6.33. The monoisotopic (exact) mass is 534 g/mol. The van der Waals surface area contributed by atoms with Gasteiger partial charge < -0.3 is 14.2 Å². The molecule has 0 saturated heterocycles. The summed E-state index contributed by atoms with van der Waals surface area (Å²) in [4.78, 5) is 16.9. The van der Waals surface area contributed by atoms with Gasteiger partial charge in [0.05, 0.1) is 12.7 Å². The first-order valence-electron chi connectivity index (χ1n) is 12.8. The number of hydrazone groups is 1. The number of fused-ring (bicyclic) bond motifs is 1. The molecule has 1 atom stereocenters. The Bertz CT molecular complexity index is 1300. The lowest BCUT2D eigenvalue weighted by Crippen LogP contribution is -2.35. The zero-order chi connectivity index (χ0) is 27.2. The number of carbonyl (C=O) groups is 1. The van der Waals surface area contributed by atoms with Crippen molar-refractivity contribution in [1.29, 1.82) is 5.41 Å². The quantitative estimate of drug-likeness (QED) is 0.267. The van der Waals surface area contributed by atoms with Gasteiger partial charge in [-0.25, -0.2) is 0 Å². The molecule has 9 heteroatoms. The van der Waals surface area contributed by atoms with Crippen molar-refractivity contribution in [3.63, 3.8) is 0 Å². The van der Waals surface area contributed by atoms with Gasteiger partial charge in [0.25, 0.3) is 5.91 Å². The van der Waals surface area contributed by atoms with Crippen LogP contribution in [0, 0.1) is 11.3 Å². The van der Waals surface area contributed by atoms with Gasteiger partial charge in [-0.2, -0.15) is 15.1 Å². The Hall–Kier alpha value is -3.59. The predicted molar refractivity (Wildman–Crippen MR) is 154 cm³/mol. The first-order valence-corrected chi connectivity index (χ1v) is 13.6. The lowest BCUT2D eigenvalue weighted by molar-refractivity contribution is -0.114. The number of rotatable bonds is 11. The molecule has 2 heterocycles. The second-order valence-corrected chi connectivity index (χ2v) is 10.6. The fraction of sp³-hybridized carbons (Fsp3) is 0.379. The fourth-order valence-corrected chi connectivity index (χ4v) is 5.16. The van der Waals surface area contributed by atoms with Gasteiger partial charge in [0.15, 0.2) is 17.3 Å². The van der Waals surface area contributed by atoms with Crippen LogP contribution >= 0.6 is 11.8 Å². The Kier molecular flexibility index (Phi) is 8.89. The van der Waals surface area contributed by atoms with Crippen LogP contribution in [-0.4, -0.2) is 47.3 Å². The molecule has 0 unspecified atom stereocenters. The van der Waals surface area contributed by atoms with Crippen LogP contribution in [0.1, 0.15) is 57.6 Å². The summed E-state index contributed by atoms with van der Waals surface area (Å²) in [5, 5.41) is 15.8. The van der Waals surface area contributed by atoms with E-state index in [1.807, 2.05) is 24.3 Å². The molecule has 2 aromatic rings. The Morgan fingerprint density at radius 2 is 1.79 bits per heavy atom. The summed E-state index contributed by atoms with van der Waals surface area (Å²) in [7, 11) is 1.56. The van der Waals surface area contributed by atoms with Gasteiger partial charge in [0, 0.05) is 6.42 Å². The number of benzene rings is 2. The van der Waals surface area contributed by atoms with Gasteiger partial charge >= 0.3 is 0 Å². The highest BCUT2D eigenvalue weighted by atomic mass is 32.2. The molecule has 0 aliphatic carbocycles. The summed E-state index contributed by atoms with van der Waals surface area (Å²) in [6.45, 7) is 9.29. The van der Waals surface area contributed by atoms with Crippen molar-refractivity contribution in [2.24, 2.45) is 16.0 Å². The molecule has 0 bridgehead atoms. The Balaban J connectivity index is 1.42. The van der Waals surface area contributed by atoms with Gasteiger partial charge in [-0.15, -0.1) is 0 Å². The average Bonchev–Trinajstić information content (AvgIpc) is 3.30. The third-order valence-electron chi connectivity index (χ3n) is 6.24. The van der Waals surface area contributed by atoms with Crippen LogP contribution in [0.2, 0.25) is 0 Å². The molecular weight excluding hydrogens is 500 g/mol. The molecule has 4 rings (SSSR count). The highest BCUT2D eigenvalue weighted by Crippen LogP contribution is 2.33. The first kappa shape index (κ1) is 27.4. The number of hydrogen-bond donors (Lipinski definition) is 1. The molecule has 200 valence electrons.